The molecule has 1 fully saturated rings. The molecule has 0 aromatic carbocycles. The van der Waals surface area contributed by atoms with Crippen LogP contribution in [0.3, 0.4) is 0 Å². The van der Waals surface area contributed by atoms with Crippen LogP contribution in [0, 0.1) is 11.3 Å². The summed E-state index contributed by atoms with van der Waals surface area (Å²) in [5.74, 6) is 0.158. The van der Waals surface area contributed by atoms with Crippen molar-refractivity contribution in [3.05, 3.63) is 24.0 Å². The largest absolute Gasteiger partial charge is 0.371 e. The van der Waals surface area contributed by atoms with Gasteiger partial charge in [-0.05, 0) is 23.5 Å². The molecule has 2 N–H and O–H groups in total. The number of amides is 1. The topological polar surface area (TPSA) is 59.2 Å². The molecule has 1 atom stereocenters. The van der Waals surface area contributed by atoms with Gasteiger partial charge in [0.1, 0.15) is 5.69 Å². The first-order chi connectivity index (χ1) is 7.90. The molecule has 1 saturated heterocycles. The van der Waals surface area contributed by atoms with Crippen molar-refractivity contribution >= 4 is 11.6 Å². The van der Waals surface area contributed by atoms with Gasteiger partial charge >= 0.3 is 0 Å². The monoisotopic (exact) mass is 233 g/mol. The Morgan fingerprint density at radius 2 is 2.29 bits per heavy atom. The molecule has 1 aliphatic rings. The number of nitrogens with two attached hydrogens (primary N) is 1. The van der Waals surface area contributed by atoms with Crippen LogP contribution in [0.15, 0.2) is 18.3 Å². The van der Waals surface area contributed by atoms with Crippen LogP contribution in [0.1, 0.15) is 31.3 Å². The van der Waals surface area contributed by atoms with Crippen molar-refractivity contribution in [1.29, 1.82) is 0 Å². The first kappa shape index (κ1) is 11.9. The molecule has 1 aromatic heterocycles. The van der Waals surface area contributed by atoms with Crippen LogP contribution < -0.4 is 10.6 Å². The van der Waals surface area contributed by atoms with Crippen molar-refractivity contribution in [3.8, 4) is 0 Å². The van der Waals surface area contributed by atoms with Gasteiger partial charge in [-0.15, -0.1) is 0 Å². The van der Waals surface area contributed by atoms with Gasteiger partial charge in [0, 0.05) is 25.0 Å². The predicted octanol–water partition coefficient (Wildman–Crippen LogP) is 1.66. The van der Waals surface area contributed by atoms with E-state index >= 15 is 0 Å². The molecular weight excluding hydrogens is 214 g/mol. The van der Waals surface area contributed by atoms with Crippen LogP contribution in [0.5, 0.6) is 0 Å². The third kappa shape index (κ3) is 2.25. The summed E-state index contributed by atoms with van der Waals surface area (Å²) in [4.78, 5) is 17.4. The molecule has 0 bridgehead atoms. The molecule has 1 amide bonds. The van der Waals surface area contributed by atoms with Crippen LogP contribution in [0.4, 0.5) is 5.69 Å². The first-order valence-electron chi connectivity index (χ1n) is 5.91. The van der Waals surface area contributed by atoms with Crippen molar-refractivity contribution in [2.24, 2.45) is 17.1 Å². The van der Waals surface area contributed by atoms with Gasteiger partial charge in [0.25, 0.3) is 5.91 Å². The Balaban J connectivity index is 2.25. The Bertz CT molecular complexity index is 442. The number of nitrogens with zero attached hydrogens (tertiary/aromatic N) is 2. The van der Waals surface area contributed by atoms with Crippen LogP contribution >= 0.6 is 0 Å². The fourth-order valence-electron chi connectivity index (χ4n) is 2.24. The fraction of sp³-hybridized carbons (Fsp3) is 0.538. The van der Waals surface area contributed by atoms with E-state index in [-0.39, 0.29) is 0 Å². The zero-order valence-electron chi connectivity index (χ0n) is 10.6. The van der Waals surface area contributed by atoms with Gasteiger partial charge < -0.3 is 10.6 Å². The van der Waals surface area contributed by atoms with Gasteiger partial charge in [0.05, 0.1) is 0 Å². The number of rotatable bonds is 2. The van der Waals surface area contributed by atoms with E-state index in [0.29, 0.717) is 17.0 Å². The average molecular weight is 233 g/mol. The maximum absolute atomic E-state index is 11.1. The van der Waals surface area contributed by atoms with E-state index in [0.717, 1.165) is 18.8 Å². The molecule has 1 aliphatic heterocycles. The quantitative estimate of drug-likeness (QED) is 0.845. The van der Waals surface area contributed by atoms with Crippen molar-refractivity contribution in [2.45, 2.75) is 20.8 Å². The fourth-order valence-corrected chi connectivity index (χ4v) is 2.24. The van der Waals surface area contributed by atoms with E-state index in [4.69, 9.17) is 5.73 Å². The summed E-state index contributed by atoms with van der Waals surface area (Å²) in [7, 11) is 0. The number of anilines is 1. The first-order valence-corrected chi connectivity index (χ1v) is 5.91. The van der Waals surface area contributed by atoms with Gasteiger partial charge in [-0.25, -0.2) is 0 Å². The summed E-state index contributed by atoms with van der Waals surface area (Å²) < 4.78 is 0. The molecule has 0 saturated carbocycles. The Labute approximate surface area is 102 Å². The second-order valence-electron chi connectivity index (χ2n) is 5.53. The standard InChI is InChI=1S/C13H19N3O/c1-9-7-16(8-13(9,2)3)10-4-5-15-11(6-10)12(14)17/h4-6,9H,7-8H2,1-3H3,(H2,14,17). The Kier molecular flexibility index (Phi) is 2.81. The van der Waals surface area contributed by atoms with Crippen LogP contribution in [-0.2, 0) is 0 Å². The number of aromatic nitrogens is 1. The van der Waals surface area contributed by atoms with Gasteiger partial charge in [0.2, 0.25) is 0 Å². The number of carbonyl (C=O) groups excluding carboxylic acids is 1. The SMILES string of the molecule is CC1CN(c2ccnc(C(N)=O)c2)CC1(C)C. The highest BCUT2D eigenvalue weighted by Gasteiger charge is 2.36. The second kappa shape index (κ2) is 4.02. The molecule has 1 unspecified atom stereocenters. The van der Waals surface area contributed by atoms with E-state index in [1.165, 1.54) is 0 Å². The normalized spacial score (nSPS) is 22.8. The summed E-state index contributed by atoms with van der Waals surface area (Å²) >= 11 is 0. The highest BCUT2D eigenvalue weighted by molar-refractivity contribution is 5.91. The molecule has 1 aromatic rings. The van der Waals surface area contributed by atoms with Gasteiger partial charge in [-0.3, -0.25) is 9.78 Å². The number of hydrogen-bond acceptors (Lipinski definition) is 3. The van der Waals surface area contributed by atoms with Crippen LogP contribution in [0.2, 0.25) is 0 Å². The maximum atomic E-state index is 11.1. The highest BCUT2D eigenvalue weighted by atomic mass is 16.1. The van der Waals surface area contributed by atoms with Crippen LogP contribution in [-0.4, -0.2) is 24.0 Å². The number of carbonyl (C=O) groups is 1. The third-order valence-electron chi connectivity index (χ3n) is 3.79. The number of primary amides is 1. The molecule has 17 heavy (non-hydrogen) atoms. The minimum atomic E-state index is -0.474. The molecule has 2 rings (SSSR count). The summed E-state index contributed by atoms with van der Waals surface area (Å²) in [6, 6.07) is 3.71. The summed E-state index contributed by atoms with van der Waals surface area (Å²) in [5.41, 5.74) is 6.91. The van der Waals surface area contributed by atoms with Gasteiger partial charge in [0.15, 0.2) is 0 Å². The number of pyridine rings is 1. The van der Waals surface area contributed by atoms with E-state index in [1.807, 2.05) is 6.07 Å². The highest BCUT2D eigenvalue weighted by Crippen LogP contribution is 2.37. The average Bonchev–Trinajstić information content (AvgIpc) is 2.54. The smallest absolute Gasteiger partial charge is 0.267 e. The van der Waals surface area contributed by atoms with Crippen molar-refractivity contribution in [3.63, 3.8) is 0 Å². The maximum Gasteiger partial charge on any atom is 0.267 e. The molecule has 0 radical (unpaired) electrons. The molecule has 4 nitrogen and oxygen atoms in total. The molecule has 4 heteroatoms. The minimum absolute atomic E-state index is 0.302. The van der Waals surface area contributed by atoms with Crippen molar-refractivity contribution in [1.82, 2.24) is 4.98 Å². The van der Waals surface area contributed by atoms with Crippen molar-refractivity contribution < 1.29 is 4.79 Å². The zero-order chi connectivity index (χ0) is 12.6. The van der Waals surface area contributed by atoms with Crippen molar-refractivity contribution in [2.75, 3.05) is 18.0 Å². The lowest BCUT2D eigenvalue weighted by Gasteiger charge is -2.22. The van der Waals surface area contributed by atoms with E-state index in [9.17, 15) is 4.79 Å². The number of hydrogen-bond donors (Lipinski definition) is 1. The minimum Gasteiger partial charge on any atom is -0.371 e. The summed E-state index contributed by atoms with van der Waals surface area (Å²) in [6.45, 7) is 8.81. The van der Waals surface area contributed by atoms with E-state index in [1.54, 1.807) is 12.3 Å². The Morgan fingerprint density at radius 3 is 2.82 bits per heavy atom. The Morgan fingerprint density at radius 1 is 1.59 bits per heavy atom. The zero-order valence-corrected chi connectivity index (χ0v) is 10.6. The van der Waals surface area contributed by atoms with Gasteiger partial charge in [-0.1, -0.05) is 20.8 Å². The molecule has 2 heterocycles. The predicted molar refractivity (Wildman–Crippen MR) is 67.9 cm³/mol. The lowest BCUT2D eigenvalue weighted by atomic mass is 9.84. The second-order valence-corrected chi connectivity index (χ2v) is 5.53. The van der Waals surface area contributed by atoms with E-state index < -0.39 is 5.91 Å². The molecule has 0 aliphatic carbocycles. The Hall–Kier alpha value is -1.58. The molecule has 92 valence electrons. The lowest BCUT2D eigenvalue weighted by molar-refractivity contribution is 0.0995. The lowest BCUT2D eigenvalue weighted by Crippen LogP contribution is -2.23. The van der Waals surface area contributed by atoms with Gasteiger partial charge in [-0.2, -0.15) is 0 Å². The third-order valence-corrected chi connectivity index (χ3v) is 3.79. The summed E-state index contributed by atoms with van der Waals surface area (Å²) in [5, 5.41) is 0. The van der Waals surface area contributed by atoms with E-state index in [2.05, 4.69) is 30.7 Å². The molecule has 0 spiro atoms. The summed E-state index contributed by atoms with van der Waals surface area (Å²) in [6.07, 6.45) is 1.64. The molecular formula is C13H19N3O. The van der Waals surface area contributed by atoms with Crippen LogP contribution in [0.25, 0.3) is 0 Å².